The summed E-state index contributed by atoms with van der Waals surface area (Å²) < 4.78 is 17.3. The highest BCUT2D eigenvalue weighted by Gasteiger charge is 2.28. The molecule has 1 saturated heterocycles. The van der Waals surface area contributed by atoms with Crippen LogP contribution in [0.4, 0.5) is 0 Å². The Balaban J connectivity index is 2.24. The Kier molecular flexibility index (Phi) is 4.40. The molecule has 1 aromatic carbocycles. The van der Waals surface area contributed by atoms with Crippen LogP contribution in [0, 0.1) is 0 Å². The monoisotopic (exact) mass is 267 g/mol. The van der Waals surface area contributed by atoms with E-state index < -0.39 is 10.8 Å². The van der Waals surface area contributed by atoms with Gasteiger partial charge in [-0.1, -0.05) is 12.1 Å². The van der Waals surface area contributed by atoms with Crippen molar-refractivity contribution >= 4 is 10.8 Å². The van der Waals surface area contributed by atoms with Crippen molar-refractivity contribution in [1.29, 1.82) is 0 Å². The second kappa shape index (κ2) is 5.85. The summed E-state index contributed by atoms with van der Waals surface area (Å²) >= 11 is 0. The molecular weight excluding hydrogens is 246 g/mol. The van der Waals surface area contributed by atoms with Crippen molar-refractivity contribution < 1.29 is 8.95 Å². The van der Waals surface area contributed by atoms with E-state index in [9.17, 15) is 4.21 Å². The third kappa shape index (κ3) is 2.93. The minimum Gasteiger partial charge on any atom is -0.497 e. The molecule has 18 heavy (non-hydrogen) atoms. The van der Waals surface area contributed by atoms with Crippen molar-refractivity contribution in [3.8, 4) is 5.75 Å². The summed E-state index contributed by atoms with van der Waals surface area (Å²) in [6, 6.07) is 8.61. The molecule has 0 bridgehead atoms. The Morgan fingerprint density at radius 2 is 1.94 bits per heavy atom. The molecule has 2 rings (SSSR count). The quantitative estimate of drug-likeness (QED) is 0.893. The first-order chi connectivity index (χ1) is 8.61. The van der Waals surface area contributed by atoms with Crippen LogP contribution in [0.3, 0.4) is 0 Å². The van der Waals surface area contributed by atoms with Crippen LogP contribution in [-0.4, -0.2) is 28.4 Å². The third-order valence-corrected chi connectivity index (χ3v) is 5.31. The fourth-order valence-electron chi connectivity index (χ4n) is 2.33. The normalized spacial score (nSPS) is 32.8. The van der Waals surface area contributed by atoms with Gasteiger partial charge >= 0.3 is 0 Å². The van der Waals surface area contributed by atoms with E-state index in [-0.39, 0.29) is 11.3 Å². The van der Waals surface area contributed by atoms with E-state index in [1.54, 1.807) is 7.11 Å². The van der Waals surface area contributed by atoms with Crippen LogP contribution in [0.2, 0.25) is 0 Å². The number of rotatable bonds is 2. The average Bonchev–Trinajstić information content (AvgIpc) is 2.52. The number of hydrogen-bond acceptors (Lipinski definition) is 3. The zero-order chi connectivity index (χ0) is 13.1. The summed E-state index contributed by atoms with van der Waals surface area (Å²) in [5.74, 6) is 1.65. The molecule has 4 heteroatoms. The van der Waals surface area contributed by atoms with Crippen LogP contribution in [-0.2, 0) is 10.8 Å². The lowest BCUT2D eigenvalue weighted by molar-refractivity contribution is 0.413. The molecule has 1 fully saturated rings. The minimum absolute atomic E-state index is 0.142. The summed E-state index contributed by atoms with van der Waals surface area (Å²) in [7, 11) is 0.911. The first kappa shape index (κ1) is 13.6. The summed E-state index contributed by atoms with van der Waals surface area (Å²) in [5.41, 5.74) is 1.19. The molecule has 4 unspecified atom stereocenters. The topological polar surface area (TPSA) is 38.3 Å². The zero-order valence-electron chi connectivity index (χ0n) is 11.2. The van der Waals surface area contributed by atoms with Crippen molar-refractivity contribution in [3.63, 3.8) is 0 Å². The Labute approximate surface area is 111 Å². The number of methoxy groups -OCH3 is 1. The van der Waals surface area contributed by atoms with Crippen molar-refractivity contribution in [2.45, 2.75) is 37.6 Å². The van der Waals surface area contributed by atoms with Gasteiger partial charge in [-0.2, -0.15) is 0 Å². The zero-order valence-corrected chi connectivity index (χ0v) is 12.0. The molecule has 0 amide bonds. The molecule has 0 aromatic heterocycles. The summed E-state index contributed by atoms with van der Waals surface area (Å²) in [6.45, 7) is 4.22. The highest BCUT2D eigenvalue weighted by atomic mass is 32.2. The lowest BCUT2D eigenvalue weighted by atomic mass is 10.0. The van der Waals surface area contributed by atoms with Crippen LogP contribution in [0.15, 0.2) is 24.3 Å². The molecular formula is C14H21NO2S. The molecule has 1 aliphatic heterocycles. The second-order valence-electron chi connectivity index (χ2n) is 4.90. The summed E-state index contributed by atoms with van der Waals surface area (Å²) in [6.07, 6.45) is 0.976. The van der Waals surface area contributed by atoms with E-state index in [2.05, 4.69) is 31.3 Å². The first-order valence-electron chi connectivity index (χ1n) is 6.39. The molecule has 1 aliphatic rings. The molecule has 0 radical (unpaired) electrons. The van der Waals surface area contributed by atoms with Gasteiger partial charge in [0.15, 0.2) is 0 Å². The SMILES string of the molecule is COc1ccc(C2NC(C)CCS(=O)C2C)cc1. The lowest BCUT2D eigenvalue weighted by Crippen LogP contribution is -2.34. The van der Waals surface area contributed by atoms with Gasteiger partial charge in [0.05, 0.1) is 12.4 Å². The largest absolute Gasteiger partial charge is 0.497 e. The van der Waals surface area contributed by atoms with E-state index in [0.717, 1.165) is 17.9 Å². The van der Waals surface area contributed by atoms with Gasteiger partial charge < -0.3 is 10.1 Å². The van der Waals surface area contributed by atoms with Gasteiger partial charge in [-0.15, -0.1) is 0 Å². The van der Waals surface area contributed by atoms with Crippen LogP contribution in [0.5, 0.6) is 5.75 Å². The molecule has 0 saturated carbocycles. The molecule has 1 N–H and O–H groups in total. The lowest BCUT2D eigenvalue weighted by Gasteiger charge is -2.24. The van der Waals surface area contributed by atoms with Crippen molar-refractivity contribution in [3.05, 3.63) is 29.8 Å². The predicted molar refractivity (Wildman–Crippen MR) is 75.4 cm³/mol. The maximum absolute atomic E-state index is 12.1. The van der Waals surface area contributed by atoms with Gasteiger partial charge in [0.25, 0.3) is 0 Å². The molecule has 1 heterocycles. The average molecular weight is 267 g/mol. The Morgan fingerprint density at radius 1 is 1.28 bits per heavy atom. The van der Waals surface area contributed by atoms with Crippen molar-refractivity contribution in [2.75, 3.05) is 12.9 Å². The van der Waals surface area contributed by atoms with Gasteiger partial charge in [0.2, 0.25) is 0 Å². The fourth-order valence-corrected chi connectivity index (χ4v) is 3.83. The number of nitrogens with one attached hydrogen (secondary N) is 1. The molecule has 0 aliphatic carbocycles. The van der Waals surface area contributed by atoms with E-state index in [1.165, 1.54) is 5.56 Å². The van der Waals surface area contributed by atoms with Gasteiger partial charge in [-0.05, 0) is 38.0 Å². The van der Waals surface area contributed by atoms with Crippen molar-refractivity contribution in [1.82, 2.24) is 5.32 Å². The van der Waals surface area contributed by atoms with E-state index in [4.69, 9.17) is 4.74 Å². The van der Waals surface area contributed by atoms with E-state index in [0.29, 0.717) is 6.04 Å². The second-order valence-corrected chi connectivity index (χ2v) is 6.81. The van der Waals surface area contributed by atoms with Crippen LogP contribution >= 0.6 is 0 Å². The molecule has 0 spiro atoms. The molecule has 1 aromatic rings. The first-order valence-corrected chi connectivity index (χ1v) is 7.77. The maximum Gasteiger partial charge on any atom is 0.118 e. The third-order valence-electron chi connectivity index (χ3n) is 3.58. The Morgan fingerprint density at radius 3 is 2.56 bits per heavy atom. The Hall–Kier alpha value is -0.870. The molecule has 100 valence electrons. The fraction of sp³-hybridized carbons (Fsp3) is 0.571. The maximum atomic E-state index is 12.1. The summed E-state index contributed by atoms with van der Waals surface area (Å²) in [4.78, 5) is 0. The van der Waals surface area contributed by atoms with Gasteiger partial charge in [-0.3, -0.25) is 4.21 Å². The van der Waals surface area contributed by atoms with E-state index in [1.807, 2.05) is 12.1 Å². The predicted octanol–water partition coefficient (Wildman–Crippen LogP) is 2.26. The van der Waals surface area contributed by atoms with Gasteiger partial charge in [-0.25, -0.2) is 0 Å². The number of ether oxygens (including phenoxy) is 1. The minimum atomic E-state index is -0.754. The highest BCUT2D eigenvalue weighted by molar-refractivity contribution is 7.85. The van der Waals surface area contributed by atoms with Gasteiger partial charge in [0, 0.05) is 28.6 Å². The van der Waals surface area contributed by atoms with Crippen molar-refractivity contribution in [2.24, 2.45) is 0 Å². The van der Waals surface area contributed by atoms with Crippen LogP contribution in [0.1, 0.15) is 31.9 Å². The molecule has 3 nitrogen and oxygen atoms in total. The van der Waals surface area contributed by atoms with Gasteiger partial charge in [0.1, 0.15) is 5.75 Å². The molecule has 4 atom stereocenters. The number of benzene rings is 1. The number of hydrogen-bond donors (Lipinski definition) is 1. The summed E-state index contributed by atoms with van der Waals surface area (Å²) in [5, 5.41) is 3.72. The van der Waals surface area contributed by atoms with E-state index >= 15 is 0 Å². The smallest absolute Gasteiger partial charge is 0.118 e. The van der Waals surface area contributed by atoms with Crippen LogP contribution < -0.4 is 10.1 Å². The standard InChI is InChI=1S/C14H21NO2S/c1-10-8-9-18(16)11(2)14(15-10)12-4-6-13(17-3)7-5-12/h4-7,10-11,14-15H,8-9H2,1-3H3. The highest BCUT2D eigenvalue weighted by Crippen LogP contribution is 2.26. The van der Waals surface area contributed by atoms with Crippen LogP contribution in [0.25, 0.3) is 0 Å². The Bertz CT molecular complexity index is 418.